The summed E-state index contributed by atoms with van der Waals surface area (Å²) in [5.41, 5.74) is 4.35. The molecule has 28 heavy (non-hydrogen) atoms. The van der Waals surface area contributed by atoms with Gasteiger partial charge in [0.2, 0.25) is 5.91 Å². The average Bonchev–Trinajstić information content (AvgIpc) is 3.17. The van der Waals surface area contributed by atoms with Gasteiger partial charge in [0.1, 0.15) is 11.5 Å². The van der Waals surface area contributed by atoms with E-state index in [-0.39, 0.29) is 22.9 Å². The summed E-state index contributed by atoms with van der Waals surface area (Å²) in [6.45, 7) is 0. The van der Waals surface area contributed by atoms with Crippen LogP contribution in [0.5, 0.6) is 0 Å². The molecule has 6 nitrogen and oxygen atoms in total. The van der Waals surface area contributed by atoms with E-state index < -0.39 is 5.97 Å². The summed E-state index contributed by atoms with van der Waals surface area (Å²) >= 11 is 6.13. The zero-order valence-electron chi connectivity index (χ0n) is 15.0. The Morgan fingerprint density at radius 1 is 1.14 bits per heavy atom. The van der Waals surface area contributed by atoms with Crippen LogP contribution in [0.1, 0.15) is 21.7 Å². The van der Waals surface area contributed by atoms with E-state index in [1.54, 1.807) is 30.3 Å². The van der Waals surface area contributed by atoms with Crippen LogP contribution in [-0.2, 0) is 16.0 Å². The van der Waals surface area contributed by atoms with Crippen molar-refractivity contribution in [1.82, 2.24) is 5.43 Å². The molecule has 1 amide bonds. The third-order valence-electron chi connectivity index (χ3n) is 3.87. The van der Waals surface area contributed by atoms with Crippen LogP contribution in [0.15, 0.2) is 70.2 Å². The lowest BCUT2D eigenvalue weighted by atomic mass is 10.1. The summed E-state index contributed by atoms with van der Waals surface area (Å²) in [5, 5.41) is 4.17. The fourth-order valence-corrected chi connectivity index (χ4v) is 2.77. The molecule has 1 N–H and O–H groups in total. The molecule has 0 fully saturated rings. The van der Waals surface area contributed by atoms with Crippen molar-refractivity contribution in [3.8, 4) is 11.3 Å². The Bertz CT molecular complexity index is 1010. The number of methoxy groups -OCH3 is 1. The maximum Gasteiger partial charge on any atom is 0.339 e. The fraction of sp³-hybridized carbons (Fsp3) is 0.0952. The predicted molar refractivity (Wildman–Crippen MR) is 106 cm³/mol. The van der Waals surface area contributed by atoms with Gasteiger partial charge in [-0.05, 0) is 29.8 Å². The second-order valence-electron chi connectivity index (χ2n) is 5.84. The molecule has 0 radical (unpaired) electrons. The third kappa shape index (κ3) is 4.86. The highest BCUT2D eigenvalue weighted by Gasteiger charge is 2.13. The molecule has 3 aromatic rings. The van der Waals surface area contributed by atoms with Crippen LogP contribution in [0.4, 0.5) is 0 Å². The van der Waals surface area contributed by atoms with Crippen molar-refractivity contribution < 1.29 is 18.7 Å². The number of hydrogen-bond donors (Lipinski definition) is 1. The first-order chi connectivity index (χ1) is 13.6. The Labute approximate surface area is 166 Å². The predicted octanol–water partition coefficient (Wildman–Crippen LogP) is 4.08. The minimum absolute atomic E-state index is 0.223. The second-order valence-corrected chi connectivity index (χ2v) is 6.25. The number of hydrogen-bond acceptors (Lipinski definition) is 5. The van der Waals surface area contributed by atoms with E-state index in [1.165, 1.54) is 13.3 Å². The van der Waals surface area contributed by atoms with Gasteiger partial charge in [-0.25, -0.2) is 10.2 Å². The van der Waals surface area contributed by atoms with E-state index in [0.29, 0.717) is 17.1 Å². The SMILES string of the molecule is COC(=O)c1ccc(-c2ccc(/C=N\NC(=O)Cc3ccccc3)o2)cc1Cl. The third-order valence-corrected chi connectivity index (χ3v) is 4.19. The Morgan fingerprint density at radius 2 is 1.93 bits per heavy atom. The van der Waals surface area contributed by atoms with Crippen molar-refractivity contribution in [2.75, 3.05) is 7.11 Å². The van der Waals surface area contributed by atoms with Gasteiger partial charge in [0.15, 0.2) is 0 Å². The Balaban J connectivity index is 1.62. The minimum atomic E-state index is -0.505. The summed E-state index contributed by atoms with van der Waals surface area (Å²) < 4.78 is 10.3. The number of furan rings is 1. The van der Waals surface area contributed by atoms with Crippen LogP contribution < -0.4 is 5.43 Å². The van der Waals surface area contributed by atoms with E-state index in [2.05, 4.69) is 15.3 Å². The number of ether oxygens (including phenoxy) is 1. The molecule has 0 saturated carbocycles. The molecule has 0 aliphatic carbocycles. The topological polar surface area (TPSA) is 80.9 Å². The number of carbonyl (C=O) groups is 2. The number of esters is 1. The van der Waals surface area contributed by atoms with E-state index in [9.17, 15) is 9.59 Å². The van der Waals surface area contributed by atoms with Crippen molar-refractivity contribution in [2.45, 2.75) is 6.42 Å². The van der Waals surface area contributed by atoms with Gasteiger partial charge in [-0.2, -0.15) is 5.10 Å². The number of nitrogens with one attached hydrogen (secondary N) is 1. The summed E-state index contributed by atoms with van der Waals surface area (Å²) in [6, 6.07) is 17.8. The summed E-state index contributed by atoms with van der Waals surface area (Å²) in [4.78, 5) is 23.5. The van der Waals surface area contributed by atoms with Crippen molar-refractivity contribution in [1.29, 1.82) is 0 Å². The Kier molecular flexibility index (Phi) is 6.24. The van der Waals surface area contributed by atoms with Crippen molar-refractivity contribution in [2.24, 2.45) is 5.10 Å². The van der Waals surface area contributed by atoms with Gasteiger partial charge in [0.05, 0.1) is 30.3 Å². The molecule has 2 aromatic carbocycles. The Morgan fingerprint density at radius 3 is 2.64 bits per heavy atom. The zero-order chi connectivity index (χ0) is 19.9. The fourth-order valence-electron chi connectivity index (χ4n) is 2.51. The number of nitrogens with zero attached hydrogens (tertiary/aromatic N) is 1. The molecule has 0 unspecified atom stereocenters. The van der Waals surface area contributed by atoms with Gasteiger partial charge in [0, 0.05) is 5.56 Å². The molecule has 3 rings (SSSR count). The molecule has 0 atom stereocenters. The molecule has 7 heteroatoms. The van der Waals surface area contributed by atoms with Gasteiger partial charge >= 0.3 is 5.97 Å². The molecular weight excluding hydrogens is 380 g/mol. The van der Waals surface area contributed by atoms with Gasteiger partial charge in [0.25, 0.3) is 0 Å². The van der Waals surface area contributed by atoms with Gasteiger partial charge < -0.3 is 9.15 Å². The number of benzene rings is 2. The van der Waals surface area contributed by atoms with Crippen LogP contribution in [0.25, 0.3) is 11.3 Å². The highest BCUT2D eigenvalue weighted by molar-refractivity contribution is 6.33. The smallest absolute Gasteiger partial charge is 0.339 e. The van der Waals surface area contributed by atoms with Gasteiger partial charge in [-0.1, -0.05) is 48.0 Å². The molecular formula is C21H17ClN2O4. The number of rotatable bonds is 6. The summed E-state index contributed by atoms with van der Waals surface area (Å²) in [7, 11) is 1.29. The van der Waals surface area contributed by atoms with E-state index in [0.717, 1.165) is 5.56 Å². The van der Waals surface area contributed by atoms with Crippen molar-refractivity contribution in [3.63, 3.8) is 0 Å². The first-order valence-electron chi connectivity index (χ1n) is 8.40. The van der Waals surface area contributed by atoms with Crippen LogP contribution in [-0.4, -0.2) is 25.2 Å². The van der Waals surface area contributed by atoms with Crippen LogP contribution >= 0.6 is 11.6 Å². The van der Waals surface area contributed by atoms with Crippen LogP contribution in [0.3, 0.4) is 0 Å². The quantitative estimate of drug-likeness (QED) is 0.386. The number of amides is 1. The molecule has 0 aliphatic heterocycles. The molecule has 0 spiro atoms. The number of halogens is 1. The monoisotopic (exact) mass is 396 g/mol. The maximum atomic E-state index is 11.9. The van der Waals surface area contributed by atoms with E-state index in [1.807, 2.05) is 30.3 Å². The molecule has 1 heterocycles. The van der Waals surface area contributed by atoms with Gasteiger partial charge in [-0.3, -0.25) is 4.79 Å². The lowest BCUT2D eigenvalue weighted by Crippen LogP contribution is -2.19. The molecule has 0 bridgehead atoms. The molecule has 0 aliphatic rings. The van der Waals surface area contributed by atoms with Crippen molar-refractivity contribution >= 4 is 29.7 Å². The lowest BCUT2D eigenvalue weighted by Gasteiger charge is -2.04. The number of carbonyl (C=O) groups excluding carboxylic acids is 2. The molecule has 0 saturated heterocycles. The number of hydrazone groups is 1. The van der Waals surface area contributed by atoms with Crippen LogP contribution in [0, 0.1) is 0 Å². The summed E-state index contributed by atoms with van der Waals surface area (Å²) in [5.74, 6) is 0.285. The maximum absolute atomic E-state index is 11.9. The first-order valence-corrected chi connectivity index (χ1v) is 8.78. The van der Waals surface area contributed by atoms with E-state index in [4.69, 9.17) is 16.0 Å². The molecule has 1 aromatic heterocycles. The lowest BCUT2D eigenvalue weighted by molar-refractivity contribution is -0.120. The molecule has 142 valence electrons. The average molecular weight is 397 g/mol. The van der Waals surface area contributed by atoms with Crippen LogP contribution in [0.2, 0.25) is 5.02 Å². The normalized spacial score (nSPS) is 10.8. The summed E-state index contributed by atoms with van der Waals surface area (Å²) in [6.07, 6.45) is 1.66. The minimum Gasteiger partial charge on any atom is -0.465 e. The second kappa shape index (κ2) is 9.01. The largest absolute Gasteiger partial charge is 0.465 e. The Hall–Kier alpha value is -3.38. The zero-order valence-corrected chi connectivity index (χ0v) is 15.8. The van der Waals surface area contributed by atoms with E-state index >= 15 is 0 Å². The highest BCUT2D eigenvalue weighted by atomic mass is 35.5. The van der Waals surface area contributed by atoms with Gasteiger partial charge in [-0.15, -0.1) is 0 Å². The standard InChI is InChI=1S/C21H17ClN2O4/c1-27-21(26)17-9-7-15(12-18(17)22)19-10-8-16(28-19)13-23-24-20(25)11-14-5-3-2-4-6-14/h2-10,12-13H,11H2,1H3,(H,24,25)/b23-13-. The highest BCUT2D eigenvalue weighted by Crippen LogP contribution is 2.27. The first kappa shape index (κ1) is 19.4. The van der Waals surface area contributed by atoms with Crippen molar-refractivity contribution in [3.05, 3.63) is 82.6 Å².